The number of methoxy groups -OCH3 is 1. The molecule has 0 bridgehead atoms. The number of nitrogens with zero attached hydrogens (tertiary/aromatic N) is 1. The van der Waals surface area contributed by atoms with Crippen LogP contribution in [0.4, 0.5) is 13.2 Å². The standard InChI is InChI=1S/C21H18F3NO4/c1-13-17(7-9-20(26)27)18-11-15(28-2)6-8-19(18)25(13)12-14-4-3-5-16(10-14)29-21(22,23)24/h3-11H,12H2,1-2H3,(H,26,27). The molecular formula is C21H18F3NO4. The van der Waals surface area contributed by atoms with Gasteiger partial charge >= 0.3 is 12.3 Å². The minimum absolute atomic E-state index is 0.282. The molecule has 0 atom stereocenters. The first-order valence-corrected chi connectivity index (χ1v) is 8.60. The van der Waals surface area contributed by atoms with Gasteiger partial charge < -0.3 is 19.1 Å². The second-order valence-electron chi connectivity index (χ2n) is 6.34. The summed E-state index contributed by atoms with van der Waals surface area (Å²) >= 11 is 0. The number of alkyl halides is 3. The lowest BCUT2D eigenvalue weighted by Gasteiger charge is -2.12. The zero-order chi connectivity index (χ0) is 21.2. The van der Waals surface area contributed by atoms with Crippen molar-refractivity contribution >= 4 is 22.9 Å². The van der Waals surface area contributed by atoms with E-state index in [0.29, 0.717) is 16.9 Å². The van der Waals surface area contributed by atoms with Crippen molar-refractivity contribution < 1.29 is 32.5 Å². The minimum atomic E-state index is -4.76. The van der Waals surface area contributed by atoms with E-state index in [1.54, 1.807) is 18.2 Å². The molecule has 1 N–H and O–H groups in total. The molecule has 0 aliphatic rings. The van der Waals surface area contributed by atoms with Crippen LogP contribution in [0.3, 0.4) is 0 Å². The highest BCUT2D eigenvalue weighted by atomic mass is 19.4. The molecule has 0 aliphatic heterocycles. The van der Waals surface area contributed by atoms with E-state index in [1.165, 1.54) is 31.4 Å². The minimum Gasteiger partial charge on any atom is -0.497 e. The highest BCUT2D eigenvalue weighted by Crippen LogP contribution is 2.32. The van der Waals surface area contributed by atoms with Gasteiger partial charge in [-0.1, -0.05) is 12.1 Å². The summed E-state index contributed by atoms with van der Waals surface area (Å²) in [6.07, 6.45) is -2.22. The van der Waals surface area contributed by atoms with E-state index in [9.17, 15) is 18.0 Å². The van der Waals surface area contributed by atoms with Gasteiger partial charge in [-0.3, -0.25) is 0 Å². The molecule has 29 heavy (non-hydrogen) atoms. The van der Waals surface area contributed by atoms with Crippen molar-refractivity contribution in [2.24, 2.45) is 0 Å². The van der Waals surface area contributed by atoms with Crippen LogP contribution in [-0.2, 0) is 11.3 Å². The molecule has 0 amide bonds. The van der Waals surface area contributed by atoms with Crippen molar-refractivity contribution in [3.05, 3.63) is 65.4 Å². The summed E-state index contributed by atoms with van der Waals surface area (Å²) in [5, 5.41) is 9.76. The number of rotatable bonds is 6. The van der Waals surface area contributed by atoms with Gasteiger partial charge in [0.2, 0.25) is 0 Å². The summed E-state index contributed by atoms with van der Waals surface area (Å²) in [5.74, 6) is -0.762. The highest BCUT2D eigenvalue weighted by molar-refractivity contribution is 5.95. The van der Waals surface area contributed by atoms with E-state index in [1.807, 2.05) is 17.6 Å². The SMILES string of the molecule is COc1ccc2c(c1)c(C=CC(=O)O)c(C)n2Cc1cccc(OC(F)(F)F)c1. The third-order valence-electron chi connectivity index (χ3n) is 4.44. The maximum absolute atomic E-state index is 12.5. The van der Waals surface area contributed by atoms with Crippen molar-refractivity contribution in [3.63, 3.8) is 0 Å². The molecule has 1 aromatic heterocycles. The summed E-state index contributed by atoms with van der Waals surface area (Å²) in [7, 11) is 1.53. The Bertz CT molecular complexity index is 1080. The van der Waals surface area contributed by atoms with Crippen molar-refractivity contribution in [1.82, 2.24) is 4.57 Å². The monoisotopic (exact) mass is 405 g/mol. The molecule has 3 rings (SSSR count). The molecule has 0 unspecified atom stereocenters. The lowest BCUT2D eigenvalue weighted by atomic mass is 10.1. The van der Waals surface area contributed by atoms with Crippen LogP contribution >= 0.6 is 0 Å². The number of carboxylic acid groups (broad SMARTS) is 1. The predicted octanol–water partition coefficient (Wildman–Crippen LogP) is 5.00. The zero-order valence-electron chi connectivity index (χ0n) is 15.7. The van der Waals surface area contributed by atoms with Crippen LogP contribution in [0.5, 0.6) is 11.5 Å². The predicted molar refractivity (Wildman–Crippen MR) is 102 cm³/mol. The molecular weight excluding hydrogens is 387 g/mol. The average Bonchev–Trinajstić information content (AvgIpc) is 2.89. The van der Waals surface area contributed by atoms with Gasteiger partial charge in [0, 0.05) is 34.8 Å². The van der Waals surface area contributed by atoms with Gasteiger partial charge in [0.15, 0.2) is 0 Å². The third kappa shape index (κ3) is 4.71. The number of carbonyl (C=O) groups is 1. The summed E-state index contributed by atoms with van der Waals surface area (Å²) < 4.78 is 48.7. The summed E-state index contributed by atoms with van der Waals surface area (Å²) in [4.78, 5) is 11.0. The van der Waals surface area contributed by atoms with Crippen LogP contribution in [0.15, 0.2) is 48.5 Å². The largest absolute Gasteiger partial charge is 0.573 e. The van der Waals surface area contributed by atoms with Crippen LogP contribution in [0.1, 0.15) is 16.8 Å². The number of hydrogen-bond donors (Lipinski definition) is 1. The van der Waals surface area contributed by atoms with E-state index in [0.717, 1.165) is 22.7 Å². The normalized spacial score (nSPS) is 11.9. The number of carboxylic acids is 1. The highest BCUT2D eigenvalue weighted by Gasteiger charge is 2.31. The molecule has 0 spiro atoms. The van der Waals surface area contributed by atoms with E-state index in [2.05, 4.69) is 4.74 Å². The third-order valence-corrected chi connectivity index (χ3v) is 4.44. The summed E-state index contributed by atoms with van der Waals surface area (Å²) in [6, 6.07) is 11.2. The lowest BCUT2D eigenvalue weighted by molar-refractivity contribution is -0.274. The molecule has 0 saturated heterocycles. The fourth-order valence-electron chi connectivity index (χ4n) is 3.21. The van der Waals surface area contributed by atoms with Gasteiger partial charge in [0.25, 0.3) is 0 Å². The van der Waals surface area contributed by atoms with Gasteiger partial charge in [-0.2, -0.15) is 0 Å². The van der Waals surface area contributed by atoms with Crippen LogP contribution in [0, 0.1) is 6.92 Å². The number of aliphatic carboxylic acids is 1. The first-order valence-electron chi connectivity index (χ1n) is 8.60. The fourth-order valence-corrected chi connectivity index (χ4v) is 3.21. The van der Waals surface area contributed by atoms with E-state index < -0.39 is 12.3 Å². The Morgan fingerprint density at radius 1 is 1.17 bits per heavy atom. The number of benzene rings is 2. The maximum atomic E-state index is 12.5. The molecule has 0 saturated carbocycles. The van der Waals surface area contributed by atoms with E-state index >= 15 is 0 Å². The van der Waals surface area contributed by atoms with Gasteiger partial charge in [-0.05, 0) is 48.9 Å². The van der Waals surface area contributed by atoms with Gasteiger partial charge in [-0.25, -0.2) is 4.79 Å². The number of ether oxygens (including phenoxy) is 2. The van der Waals surface area contributed by atoms with Gasteiger partial charge in [0.1, 0.15) is 11.5 Å². The van der Waals surface area contributed by atoms with E-state index in [4.69, 9.17) is 9.84 Å². The molecule has 8 heteroatoms. The van der Waals surface area contributed by atoms with Gasteiger partial charge in [0.05, 0.1) is 7.11 Å². The Morgan fingerprint density at radius 3 is 2.59 bits per heavy atom. The zero-order valence-corrected chi connectivity index (χ0v) is 15.7. The number of halogens is 3. The van der Waals surface area contributed by atoms with Crippen molar-refractivity contribution in [3.8, 4) is 11.5 Å². The molecule has 0 radical (unpaired) electrons. The molecule has 5 nitrogen and oxygen atoms in total. The Kier molecular flexibility index (Phi) is 5.54. The summed E-state index contributed by atoms with van der Waals surface area (Å²) in [6.45, 7) is 2.11. The Hall–Kier alpha value is -3.42. The lowest BCUT2D eigenvalue weighted by Crippen LogP contribution is -2.17. The number of fused-ring (bicyclic) bond motifs is 1. The Balaban J connectivity index is 2.07. The van der Waals surface area contributed by atoms with Crippen molar-refractivity contribution in [1.29, 1.82) is 0 Å². The molecule has 0 fully saturated rings. The maximum Gasteiger partial charge on any atom is 0.573 e. The van der Waals surface area contributed by atoms with E-state index in [-0.39, 0.29) is 12.3 Å². The van der Waals surface area contributed by atoms with Crippen LogP contribution in [-0.4, -0.2) is 29.1 Å². The second kappa shape index (κ2) is 7.90. The topological polar surface area (TPSA) is 60.7 Å². The molecule has 0 aliphatic carbocycles. The molecule has 3 aromatic rings. The van der Waals surface area contributed by atoms with Crippen molar-refractivity contribution in [2.75, 3.05) is 7.11 Å². The smallest absolute Gasteiger partial charge is 0.497 e. The quantitative estimate of drug-likeness (QED) is 0.586. The Labute approximate surface area is 164 Å². The average molecular weight is 405 g/mol. The van der Waals surface area contributed by atoms with Crippen LogP contribution in [0.25, 0.3) is 17.0 Å². The summed E-state index contributed by atoms with van der Waals surface area (Å²) in [5.41, 5.74) is 2.88. The second-order valence-corrected chi connectivity index (χ2v) is 6.34. The number of aromatic nitrogens is 1. The van der Waals surface area contributed by atoms with Gasteiger partial charge in [-0.15, -0.1) is 13.2 Å². The molecule has 2 aromatic carbocycles. The Morgan fingerprint density at radius 2 is 1.93 bits per heavy atom. The molecule has 1 heterocycles. The van der Waals surface area contributed by atoms with Crippen LogP contribution in [0.2, 0.25) is 0 Å². The first-order chi connectivity index (χ1) is 13.7. The first kappa shape index (κ1) is 20.3. The number of hydrogen-bond acceptors (Lipinski definition) is 3. The van der Waals surface area contributed by atoms with Crippen LogP contribution < -0.4 is 9.47 Å². The van der Waals surface area contributed by atoms with Crippen molar-refractivity contribution in [2.45, 2.75) is 19.8 Å². The fraction of sp³-hybridized carbons (Fsp3) is 0.190. The molecule has 152 valence electrons.